The predicted molar refractivity (Wildman–Crippen MR) is 35.1 cm³/mol. The van der Waals surface area contributed by atoms with Crippen LogP contribution in [0.25, 0.3) is 0 Å². The summed E-state index contributed by atoms with van der Waals surface area (Å²) in [6.45, 7) is 0.119. The van der Waals surface area contributed by atoms with Gasteiger partial charge in [0.2, 0.25) is 0 Å². The maximum atomic E-state index is 9.10. The Morgan fingerprint density at radius 3 is 2.56 bits per heavy atom. The highest BCUT2D eigenvalue weighted by Crippen LogP contribution is 2.33. The molecule has 1 saturated carbocycles. The lowest BCUT2D eigenvalue weighted by molar-refractivity contribution is 0.120. The van der Waals surface area contributed by atoms with Gasteiger partial charge in [0.1, 0.15) is 0 Å². The summed E-state index contributed by atoms with van der Waals surface area (Å²) in [5.74, 6) is 0.770. The number of hydrogen-bond donors (Lipinski definition) is 2. The monoisotopic (exact) mass is 130 g/mol. The first kappa shape index (κ1) is 7.03. The molecule has 0 aliphatic heterocycles. The van der Waals surface area contributed by atoms with Crippen molar-refractivity contribution in [1.82, 2.24) is 0 Å². The van der Waals surface area contributed by atoms with Crippen LogP contribution in [0.15, 0.2) is 0 Å². The third-order valence-electron chi connectivity index (χ3n) is 1.76. The molecular weight excluding hydrogens is 116 g/mol. The standard InChI is InChI=1S/C7H14O2/c8-4-3-7(9)5-6-1-2-6/h6-9H,1-5H2. The number of aliphatic hydroxyl groups excluding tert-OH is 2. The maximum absolute atomic E-state index is 9.10. The van der Waals surface area contributed by atoms with Crippen molar-refractivity contribution < 1.29 is 10.2 Å². The van der Waals surface area contributed by atoms with Gasteiger partial charge in [-0.3, -0.25) is 0 Å². The van der Waals surface area contributed by atoms with Crippen molar-refractivity contribution in [3.63, 3.8) is 0 Å². The maximum Gasteiger partial charge on any atom is 0.0564 e. The fourth-order valence-corrected chi connectivity index (χ4v) is 1.01. The van der Waals surface area contributed by atoms with Crippen molar-refractivity contribution in [3.05, 3.63) is 0 Å². The average molecular weight is 130 g/mol. The molecule has 1 atom stereocenters. The van der Waals surface area contributed by atoms with Crippen LogP contribution in [0.5, 0.6) is 0 Å². The largest absolute Gasteiger partial charge is 0.396 e. The van der Waals surface area contributed by atoms with Crippen molar-refractivity contribution in [2.75, 3.05) is 6.61 Å². The van der Waals surface area contributed by atoms with Gasteiger partial charge in [-0.1, -0.05) is 12.8 Å². The van der Waals surface area contributed by atoms with Crippen molar-refractivity contribution in [2.24, 2.45) is 5.92 Å². The van der Waals surface area contributed by atoms with E-state index in [1.54, 1.807) is 0 Å². The molecule has 0 bridgehead atoms. The Morgan fingerprint density at radius 2 is 2.11 bits per heavy atom. The fourth-order valence-electron chi connectivity index (χ4n) is 1.01. The van der Waals surface area contributed by atoms with Crippen LogP contribution in [0.3, 0.4) is 0 Å². The Morgan fingerprint density at radius 1 is 1.44 bits per heavy atom. The Labute approximate surface area is 55.5 Å². The van der Waals surface area contributed by atoms with Crippen LogP contribution in [0, 0.1) is 5.92 Å². The normalized spacial score (nSPS) is 22.0. The lowest BCUT2D eigenvalue weighted by Gasteiger charge is -2.05. The molecule has 2 nitrogen and oxygen atoms in total. The van der Waals surface area contributed by atoms with E-state index in [9.17, 15) is 0 Å². The second-order valence-electron chi connectivity index (χ2n) is 2.85. The summed E-state index contributed by atoms with van der Waals surface area (Å²) in [6, 6.07) is 0. The van der Waals surface area contributed by atoms with Crippen LogP contribution in [-0.4, -0.2) is 22.9 Å². The van der Waals surface area contributed by atoms with Gasteiger partial charge in [-0.25, -0.2) is 0 Å². The molecule has 0 aromatic heterocycles. The van der Waals surface area contributed by atoms with Gasteiger partial charge >= 0.3 is 0 Å². The Hall–Kier alpha value is -0.0800. The van der Waals surface area contributed by atoms with Gasteiger partial charge in [0, 0.05) is 6.61 Å². The second-order valence-corrected chi connectivity index (χ2v) is 2.85. The van der Waals surface area contributed by atoms with Crippen LogP contribution < -0.4 is 0 Å². The zero-order chi connectivity index (χ0) is 6.69. The molecule has 1 aliphatic carbocycles. The zero-order valence-corrected chi connectivity index (χ0v) is 5.58. The lowest BCUT2D eigenvalue weighted by atomic mass is 10.1. The molecule has 1 unspecified atom stereocenters. The van der Waals surface area contributed by atoms with Crippen molar-refractivity contribution in [1.29, 1.82) is 0 Å². The molecule has 0 amide bonds. The molecular formula is C7H14O2. The minimum absolute atomic E-state index is 0.119. The molecule has 0 spiro atoms. The first-order valence-electron chi connectivity index (χ1n) is 3.62. The van der Waals surface area contributed by atoms with E-state index in [0.29, 0.717) is 6.42 Å². The van der Waals surface area contributed by atoms with Crippen molar-refractivity contribution in [2.45, 2.75) is 31.8 Å². The molecule has 0 aromatic rings. The quantitative estimate of drug-likeness (QED) is 0.582. The second kappa shape index (κ2) is 3.18. The van der Waals surface area contributed by atoms with E-state index >= 15 is 0 Å². The predicted octanol–water partition coefficient (Wildman–Crippen LogP) is 0.530. The third-order valence-corrected chi connectivity index (χ3v) is 1.76. The van der Waals surface area contributed by atoms with Gasteiger partial charge in [-0.15, -0.1) is 0 Å². The van der Waals surface area contributed by atoms with Crippen molar-refractivity contribution >= 4 is 0 Å². The smallest absolute Gasteiger partial charge is 0.0564 e. The highest BCUT2D eigenvalue weighted by atomic mass is 16.3. The Bertz CT molecular complexity index is 79.0. The summed E-state index contributed by atoms with van der Waals surface area (Å²) < 4.78 is 0. The van der Waals surface area contributed by atoms with Crippen LogP contribution in [0.2, 0.25) is 0 Å². The molecule has 0 heterocycles. The summed E-state index contributed by atoms with van der Waals surface area (Å²) in [4.78, 5) is 0. The molecule has 2 N–H and O–H groups in total. The first-order valence-corrected chi connectivity index (χ1v) is 3.62. The molecule has 1 fully saturated rings. The number of aliphatic hydroxyl groups is 2. The van der Waals surface area contributed by atoms with Crippen LogP contribution >= 0.6 is 0 Å². The summed E-state index contributed by atoms with van der Waals surface area (Å²) in [6.07, 6.45) is 3.77. The molecule has 0 saturated heterocycles. The van der Waals surface area contributed by atoms with Crippen LogP contribution in [-0.2, 0) is 0 Å². The number of hydrogen-bond acceptors (Lipinski definition) is 2. The summed E-state index contributed by atoms with van der Waals surface area (Å²) >= 11 is 0. The van der Waals surface area contributed by atoms with Crippen LogP contribution in [0.1, 0.15) is 25.7 Å². The summed E-state index contributed by atoms with van der Waals surface area (Å²) in [5.41, 5.74) is 0. The van der Waals surface area contributed by atoms with Gasteiger partial charge in [0.25, 0.3) is 0 Å². The Kier molecular flexibility index (Phi) is 2.49. The minimum atomic E-state index is -0.248. The molecule has 1 aliphatic rings. The third kappa shape index (κ3) is 2.82. The van der Waals surface area contributed by atoms with E-state index in [-0.39, 0.29) is 12.7 Å². The molecule has 0 radical (unpaired) electrons. The van der Waals surface area contributed by atoms with Gasteiger partial charge in [-0.05, 0) is 18.8 Å². The average Bonchev–Trinajstić information content (AvgIpc) is 2.50. The van der Waals surface area contributed by atoms with Crippen LogP contribution in [0.4, 0.5) is 0 Å². The molecule has 2 heteroatoms. The highest BCUT2D eigenvalue weighted by Gasteiger charge is 2.23. The molecule has 1 rings (SSSR count). The zero-order valence-electron chi connectivity index (χ0n) is 5.58. The van der Waals surface area contributed by atoms with E-state index in [1.165, 1.54) is 12.8 Å². The number of rotatable bonds is 4. The minimum Gasteiger partial charge on any atom is -0.396 e. The van der Waals surface area contributed by atoms with Gasteiger partial charge in [0.05, 0.1) is 6.10 Å². The molecule has 9 heavy (non-hydrogen) atoms. The van der Waals surface area contributed by atoms with E-state index in [4.69, 9.17) is 10.2 Å². The van der Waals surface area contributed by atoms with E-state index in [2.05, 4.69) is 0 Å². The molecule has 0 aromatic carbocycles. The van der Waals surface area contributed by atoms with Crippen molar-refractivity contribution in [3.8, 4) is 0 Å². The van der Waals surface area contributed by atoms with Gasteiger partial charge in [0.15, 0.2) is 0 Å². The van der Waals surface area contributed by atoms with E-state index < -0.39 is 0 Å². The fraction of sp³-hybridized carbons (Fsp3) is 1.00. The van der Waals surface area contributed by atoms with Gasteiger partial charge < -0.3 is 10.2 Å². The van der Waals surface area contributed by atoms with E-state index in [1.807, 2.05) is 0 Å². The summed E-state index contributed by atoms with van der Waals surface area (Å²) in [5, 5.41) is 17.5. The Balaban J connectivity index is 1.95. The van der Waals surface area contributed by atoms with Gasteiger partial charge in [-0.2, -0.15) is 0 Å². The first-order chi connectivity index (χ1) is 4.33. The lowest BCUT2D eigenvalue weighted by Crippen LogP contribution is -2.08. The highest BCUT2D eigenvalue weighted by molar-refractivity contribution is 4.76. The molecule has 54 valence electrons. The summed E-state index contributed by atoms with van der Waals surface area (Å²) in [7, 11) is 0. The van der Waals surface area contributed by atoms with E-state index in [0.717, 1.165) is 12.3 Å². The topological polar surface area (TPSA) is 40.5 Å². The SMILES string of the molecule is OCCC(O)CC1CC1.